The molecule has 1 atom stereocenters. The molecule has 1 heterocycles. The second-order valence-corrected chi connectivity index (χ2v) is 6.53. The molecule has 0 aromatic heterocycles. The number of rotatable bonds is 2. The number of likely N-dealkylation sites (tertiary alicyclic amines) is 1. The van der Waals surface area contributed by atoms with Crippen molar-refractivity contribution in [2.75, 3.05) is 13.1 Å². The van der Waals surface area contributed by atoms with Gasteiger partial charge in [0.1, 0.15) is 11.4 Å². The van der Waals surface area contributed by atoms with Crippen molar-refractivity contribution in [2.24, 2.45) is 5.92 Å². The minimum atomic E-state index is -0.506. The summed E-state index contributed by atoms with van der Waals surface area (Å²) in [7, 11) is 0. The van der Waals surface area contributed by atoms with E-state index >= 15 is 0 Å². The summed E-state index contributed by atoms with van der Waals surface area (Å²) in [4.78, 5) is 25.8. The summed E-state index contributed by atoms with van der Waals surface area (Å²) in [6, 6.07) is 9.92. The lowest BCUT2D eigenvalue weighted by Gasteiger charge is -2.33. The first-order valence-corrected chi connectivity index (χ1v) is 7.40. The lowest BCUT2D eigenvalue weighted by molar-refractivity contribution is -0.125. The van der Waals surface area contributed by atoms with Crippen LogP contribution in [0.5, 0.6) is 0 Å². The molecular formula is C17H23NO3. The molecule has 1 aromatic rings. The number of benzene rings is 1. The fourth-order valence-corrected chi connectivity index (χ4v) is 2.48. The minimum absolute atomic E-state index is 0.131. The van der Waals surface area contributed by atoms with Gasteiger partial charge in [-0.2, -0.15) is 0 Å². The van der Waals surface area contributed by atoms with Gasteiger partial charge in [-0.1, -0.05) is 30.3 Å². The van der Waals surface area contributed by atoms with Gasteiger partial charge in [0.15, 0.2) is 0 Å². The summed E-state index contributed by atoms with van der Waals surface area (Å²) in [5, 5.41) is 0. The van der Waals surface area contributed by atoms with Gasteiger partial charge < -0.3 is 9.64 Å². The number of hydrogen-bond acceptors (Lipinski definition) is 3. The van der Waals surface area contributed by atoms with Crippen LogP contribution in [0, 0.1) is 5.92 Å². The first-order valence-electron chi connectivity index (χ1n) is 7.40. The summed E-state index contributed by atoms with van der Waals surface area (Å²) < 4.78 is 5.39. The van der Waals surface area contributed by atoms with Crippen molar-refractivity contribution in [1.29, 1.82) is 0 Å². The van der Waals surface area contributed by atoms with Crippen molar-refractivity contribution in [3.63, 3.8) is 0 Å². The highest BCUT2D eigenvalue weighted by atomic mass is 16.6. The molecule has 21 heavy (non-hydrogen) atoms. The second kappa shape index (κ2) is 6.29. The first kappa shape index (κ1) is 15.5. The monoisotopic (exact) mass is 289 g/mol. The minimum Gasteiger partial charge on any atom is -0.444 e. The molecule has 0 unspecified atom stereocenters. The molecule has 1 amide bonds. The SMILES string of the molecule is CC(C)(C)OC(=O)N1CCC(=O)[C@H](Cc2ccccc2)C1. The Morgan fingerprint density at radius 2 is 1.95 bits per heavy atom. The van der Waals surface area contributed by atoms with E-state index in [-0.39, 0.29) is 17.8 Å². The molecular weight excluding hydrogens is 266 g/mol. The molecule has 2 rings (SSSR count). The quantitative estimate of drug-likeness (QED) is 0.840. The number of hydrogen-bond donors (Lipinski definition) is 0. The first-order chi connectivity index (χ1) is 9.85. The summed E-state index contributed by atoms with van der Waals surface area (Å²) in [6.45, 7) is 6.45. The Morgan fingerprint density at radius 3 is 2.57 bits per heavy atom. The second-order valence-electron chi connectivity index (χ2n) is 6.53. The fourth-order valence-electron chi connectivity index (χ4n) is 2.48. The third-order valence-electron chi connectivity index (χ3n) is 3.50. The number of amides is 1. The molecule has 1 aliphatic heterocycles. The van der Waals surface area contributed by atoms with E-state index in [1.54, 1.807) is 4.90 Å². The lowest BCUT2D eigenvalue weighted by Crippen LogP contribution is -2.46. The molecule has 0 aliphatic carbocycles. The van der Waals surface area contributed by atoms with Crippen molar-refractivity contribution in [3.05, 3.63) is 35.9 Å². The molecule has 1 aromatic carbocycles. The van der Waals surface area contributed by atoms with E-state index in [2.05, 4.69) is 0 Å². The van der Waals surface area contributed by atoms with Crippen molar-refractivity contribution in [1.82, 2.24) is 4.90 Å². The lowest BCUT2D eigenvalue weighted by atomic mass is 9.90. The third-order valence-corrected chi connectivity index (χ3v) is 3.50. The summed E-state index contributed by atoms with van der Waals surface area (Å²) >= 11 is 0. The number of carbonyl (C=O) groups excluding carboxylic acids is 2. The standard InChI is InChI=1S/C17H23NO3/c1-17(2,3)21-16(20)18-10-9-15(19)14(12-18)11-13-7-5-4-6-8-13/h4-8,14H,9-12H2,1-3H3/t14-/m1/s1. The molecule has 114 valence electrons. The zero-order valence-corrected chi connectivity index (χ0v) is 13.0. The van der Waals surface area contributed by atoms with Gasteiger partial charge in [0.2, 0.25) is 0 Å². The molecule has 0 spiro atoms. The zero-order valence-electron chi connectivity index (χ0n) is 13.0. The Kier molecular flexibility index (Phi) is 4.66. The van der Waals surface area contributed by atoms with Crippen LogP contribution in [-0.4, -0.2) is 35.5 Å². The Labute approximate surface area is 126 Å². The van der Waals surface area contributed by atoms with Crippen LogP contribution in [0.2, 0.25) is 0 Å². The Hall–Kier alpha value is -1.84. The van der Waals surface area contributed by atoms with E-state index < -0.39 is 5.60 Å². The summed E-state index contributed by atoms with van der Waals surface area (Å²) in [6.07, 6.45) is 0.767. The average molecular weight is 289 g/mol. The fraction of sp³-hybridized carbons (Fsp3) is 0.529. The number of ether oxygens (including phenoxy) is 1. The van der Waals surface area contributed by atoms with Gasteiger partial charge in [-0.15, -0.1) is 0 Å². The van der Waals surface area contributed by atoms with Crippen LogP contribution in [0.25, 0.3) is 0 Å². The van der Waals surface area contributed by atoms with Crippen molar-refractivity contribution in [3.8, 4) is 0 Å². The van der Waals surface area contributed by atoms with E-state index in [0.717, 1.165) is 5.56 Å². The van der Waals surface area contributed by atoms with E-state index in [4.69, 9.17) is 4.74 Å². The van der Waals surface area contributed by atoms with Gasteiger partial charge in [0.25, 0.3) is 0 Å². The summed E-state index contributed by atoms with van der Waals surface area (Å²) in [5.41, 5.74) is 0.620. The molecule has 0 saturated carbocycles. The molecule has 1 fully saturated rings. The van der Waals surface area contributed by atoms with Crippen molar-refractivity contribution in [2.45, 2.75) is 39.2 Å². The number of Topliss-reactive ketones (excluding diaryl/α,β-unsaturated/α-hetero) is 1. The van der Waals surface area contributed by atoms with Gasteiger partial charge >= 0.3 is 6.09 Å². The van der Waals surface area contributed by atoms with Crippen LogP contribution in [0.3, 0.4) is 0 Å². The smallest absolute Gasteiger partial charge is 0.410 e. The molecule has 4 heteroatoms. The molecule has 1 saturated heterocycles. The average Bonchev–Trinajstić information content (AvgIpc) is 2.40. The summed E-state index contributed by atoms with van der Waals surface area (Å²) in [5.74, 6) is 0.104. The predicted octanol–water partition coefficient (Wildman–Crippen LogP) is 3.06. The van der Waals surface area contributed by atoms with Crippen molar-refractivity contribution >= 4 is 11.9 Å². The van der Waals surface area contributed by atoms with Crippen LogP contribution in [0.1, 0.15) is 32.8 Å². The van der Waals surface area contributed by atoms with Crippen LogP contribution in [0.15, 0.2) is 30.3 Å². The molecule has 1 aliphatic rings. The Balaban J connectivity index is 1.99. The number of ketones is 1. The predicted molar refractivity (Wildman–Crippen MR) is 81.1 cm³/mol. The highest BCUT2D eigenvalue weighted by Crippen LogP contribution is 2.20. The Bertz CT molecular complexity index is 505. The van der Waals surface area contributed by atoms with E-state index in [1.165, 1.54) is 0 Å². The van der Waals surface area contributed by atoms with E-state index in [0.29, 0.717) is 25.9 Å². The molecule has 0 bridgehead atoms. The van der Waals surface area contributed by atoms with Gasteiger partial charge in [0.05, 0.1) is 0 Å². The van der Waals surface area contributed by atoms with E-state index in [9.17, 15) is 9.59 Å². The van der Waals surface area contributed by atoms with Crippen LogP contribution < -0.4 is 0 Å². The normalized spacial score (nSPS) is 19.5. The topological polar surface area (TPSA) is 46.6 Å². The zero-order chi connectivity index (χ0) is 15.5. The van der Waals surface area contributed by atoms with Crippen LogP contribution >= 0.6 is 0 Å². The van der Waals surface area contributed by atoms with Gasteiger partial charge in [-0.05, 0) is 32.8 Å². The number of nitrogens with zero attached hydrogens (tertiary/aromatic N) is 1. The van der Waals surface area contributed by atoms with Gasteiger partial charge in [-0.3, -0.25) is 4.79 Å². The maximum absolute atomic E-state index is 12.1. The third kappa shape index (κ3) is 4.59. The van der Waals surface area contributed by atoms with Crippen molar-refractivity contribution < 1.29 is 14.3 Å². The van der Waals surface area contributed by atoms with E-state index in [1.807, 2.05) is 51.1 Å². The van der Waals surface area contributed by atoms with Crippen LogP contribution in [-0.2, 0) is 16.0 Å². The maximum Gasteiger partial charge on any atom is 0.410 e. The highest BCUT2D eigenvalue weighted by Gasteiger charge is 2.32. The number of piperidine rings is 1. The largest absolute Gasteiger partial charge is 0.444 e. The highest BCUT2D eigenvalue weighted by molar-refractivity contribution is 5.84. The number of carbonyl (C=O) groups is 2. The molecule has 0 radical (unpaired) electrons. The molecule has 0 N–H and O–H groups in total. The van der Waals surface area contributed by atoms with Gasteiger partial charge in [-0.25, -0.2) is 4.79 Å². The van der Waals surface area contributed by atoms with Gasteiger partial charge in [0, 0.05) is 25.4 Å². The Morgan fingerprint density at radius 1 is 1.29 bits per heavy atom. The molecule has 4 nitrogen and oxygen atoms in total. The maximum atomic E-state index is 12.1. The van der Waals surface area contributed by atoms with Crippen LogP contribution in [0.4, 0.5) is 4.79 Å².